The van der Waals surface area contributed by atoms with Crippen LogP contribution in [0.5, 0.6) is 0 Å². The van der Waals surface area contributed by atoms with Gasteiger partial charge in [0, 0.05) is 32.1 Å². The Balaban J connectivity index is 1.93. The molecule has 0 spiro atoms. The third-order valence-corrected chi connectivity index (χ3v) is 4.18. The second-order valence-corrected chi connectivity index (χ2v) is 5.53. The van der Waals surface area contributed by atoms with Crippen molar-refractivity contribution in [1.29, 1.82) is 0 Å². The predicted molar refractivity (Wildman–Crippen MR) is 86.8 cm³/mol. The second kappa shape index (κ2) is 7.77. The first-order valence-corrected chi connectivity index (χ1v) is 7.89. The molecule has 120 valence electrons. The maximum Gasteiger partial charge on any atom is 0.228 e. The number of pyridine rings is 1. The number of hydrogen-bond acceptors (Lipinski definition) is 4. The lowest BCUT2D eigenvalue weighted by atomic mass is 10.0. The third kappa shape index (κ3) is 3.96. The van der Waals surface area contributed by atoms with Crippen molar-refractivity contribution in [2.75, 3.05) is 36.4 Å². The van der Waals surface area contributed by atoms with Crippen LogP contribution in [0.4, 0.5) is 11.5 Å². The molecule has 0 saturated carbocycles. The molecule has 1 fully saturated rings. The van der Waals surface area contributed by atoms with E-state index in [1.165, 1.54) is 0 Å². The van der Waals surface area contributed by atoms with Crippen molar-refractivity contribution in [1.82, 2.24) is 9.88 Å². The number of hydrogen-bond donors (Lipinski definition) is 1. The van der Waals surface area contributed by atoms with Gasteiger partial charge in [-0.3, -0.25) is 9.59 Å². The van der Waals surface area contributed by atoms with E-state index in [2.05, 4.69) is 15.2 Å². The number of anilines is 2. The van der Waals surface area contributed by atoms with Gasteiger partial charge in [0.25, 0.3) is 0 Å². The van der Waals surface area contributed by atoms with Crippen LogP contribution < -0.4 is 10.2 Å². The standard InChI is InChI=1S/C16H24N4O2/c1-3-13(4-2)16(22)18-15-6-5-14(11-17-15)20-9-7-19(12-21)8-10-20/h5-6,11-13H,3-4,7-10H2,1-2H3,(H,17,18,22). The zero-order valence-corrected chi connectivity index (χ0v) is 13.3. The van der Waals surface area contributed by atoms with Gasteiger partial charge in [0.2, 0.25) is 12.3 Å². The monoisotopic (exact) mass is 304 g/mol. The highest BCUT2D eigenvalue weighted by Crippen LogP contribution is 2.18. The SMILES string of the molecule is CCC(CC)C(=O)Nc1ccc(N2CCN(C=O)CC2)cn1. The first-order valence-electron chi connectivity index (χ1n) is 7.89. The molecule has 6 nitrogen and oxygen atoms in total. The van der Waals surface area contributed by atoms with Crippen molar-refractivity contribution in [3.05, 3.63) is 18.3 Å². The van der Waals surface area contributed by atoms with Gasteiger partial charge in [0.15, 0.2) is 0 Å². The number of nitrogens with zero attached hydrogens (tertiary/aromatic N) is 3. The van der Waals surface area contributed by atoms with Crippen molar-refractivity contribution < 1.29 is 9.59 Å². The number of nitrogens with one attached hydrogen (secondary N) is 1. The lowest BCUT2D eigenvalue weighted by Crippen LogP contribution is -2.45. The summed E-state index contributed by atoms with van der Waals surface area (Å²) in [5.74, 6) is 0.662. The summed E-state index contributed by atoms with van der Waals surface area (Å²) in [7, 11) is 0. The molecule has 2 amide bonds. The molecule has 1 N–H and O–H groups in total. The van der Waals surface area contributed by atoms with E-state index in [1.54, 1.807) is 11.1 Å². The fraction of sp³-hybridized carbons (Fsp3) is 0.562. The van der Waals surface area contributed by atoms with Crippen LogP contribution in [0.2, 0.25) is 0 Å². The summed E-state index contributed by atoms with van der Waals surface area (Å²) in [5.41, 5.74) is 1.02. The van der Waals surface area contributed by atoms with Crippen LogP contribution in [0.1, 0.15) is 26.7 Å². The van der Waals surface area contributed by atoms with Gasteiger partial charge in [-0.15, -0.1) is 0 Å². The van der Waals surface area contributed by atoms with E-state index in [0.29, 0.717) is 5.82 Å². The Bertz CT molecular complexity index is 491. The molecule has 1 aliphatic rings. The summed E-state index contributed by atoms with van der Waals surface area (Å²) in [6.07, 6.45) is 4.34. The van der Waals surface area contributed by atoms with Crippen LogP contribution in [0.15, 0.2) is 18.3 Å². The van der Waals surface area contributed by atoms with Gasteiger partial charge >= 0.3 is 0 Å². The maximum absolute atomic E-state index is 12.0. The van der Waals surface area contributed by atoms with E-state index >= 15 is 0 Å². The maximum atomic E-state index is 12.0. The van der Waals surface area contributed by atoms with Crippen molar-refractivity contribution >= 4 is 23.8 Å². The first kappa shape index (κ1) is 16.3. The van der Waals surface area contributed by atoms with Crippen LogP contribution in [0, 0.1) is 5.92 Å². The smallest absolute Gasteiger partial charge is 0.228 e. The molecule has 2 heterocycles. The molecule has 1 aliphatic heterocycles. The summed E-state index contributed by atoms with van der Waals surface area (Å²) in [6.45, 7) is 7.11. The molecule has 1 aromatic heterocycles. The fourth-order valence-corrected chi connectivity index (χ4v) is 2.62. The van der Waals surface area contributed by atoms with Crippen LogP contribution in [-0.2, 0) is 9.59 Å². The predicted octanol–water partition coefficient (Wildman–Crippen LogP) is 1.73. The lowest BCUT2D eigenvalue weighted by Gasteiger charge is -2.33. The first-order chi connectivity index (χ1) is 10.7. The molecule has 2 rings (SSSR count). The zero-order chi connectivity index (χ0) is 15.9. The average Bonchev–Trinajstić information content (AvgIpc) is 2.57. The normalized spacial score (nSPS) is 15.0. The highest BCUT2D eigenvalue weighted by atomic mass is 16.2. The van der Waals surface area contributed by atoms with Gasteiger partial charge in [0.1, 0.15) is 5.82 Å². The largest absolute Gasteiger partial charge is 0.367 e. The van der Waals surface area contributed by atoms with Crippen LogP contribution in [-0.4, -0.2) is 48.4 Å². The van der Waals surface area contributed by atoms with E-state index in [-0.39, 0.29) is 11.8 Å². The quantitative estimate of drug-likeness (QED) is 0.813. The van der Waals surface area contributed by atoms with Crippen molar-refractivity contribution in [3.63, 3.8) is 0 Å². The van der Waals surface area contributed by atoms with E-state index in [4.69, 9.17) is 0 Å². The summed E-state index contributed by atoms with van der Waals surface area (Å²) >= 11 is 0. The average molecular weight is 304 g/mol. The van der Waals surface area contributed by atoms with Gasteiger partial charge < -0.3 is 15.1 Å². The number of rotatable bonds is 6. The summed E-state index contributed by atoms with van der Waals surface area (Å²) in [6, 6.07) is 3.80. The van der Waals surface area contributed by atoms with Gasteiger partial charge in [-0.25, -0.2) is 4.98 Å². The molecule has 1 saturated heterocycles. The highest BCUT2D eigenvalue weighted by Gasteiger charge is 2.17. The van der Waals surface area contributed by atoms with Gasteiger partial charge in [0.05, 0.1) is 11.9 Å². The number of carbonyl (C=O) groups excluding carboxylic acids is 2. The van der Waals surface area contributed by atoms with Gasteiger partial charge in [-0.2, -0.15) is 0 Å². The van der Waals surface area contributed by atoms with E-state index in [1.807, 2.05) is 26.0 Å². The van der Waals surface area contributed by atoms with Gasteiger partial charge in [-0.1, -0.05) is 13.8 Å². The number of piperazine rings is 1. The van der Waals surface area contributed by atoms with E-state index in [0.717, 1.165) is 51.1 Å². The minimum Gasteiger partial charge on any atom is -0.367 e. The van der Waals surface area contributed by atoms with Crippen molar-refractivity contribution in [2.45, 2.75) is 26.7 Å². The van der Waals surface area contributed by atoms with E-state index < -0.39 is 0 Å². The molecular weight excluding hydrogens is 280 g/mol. The second-order valence-electron chi connectivity index (χ2n) is 5.53. The van der Waals surface area contributed by atoms with Crippen LogP contribution in [0.25, 0.3) is 0 Å². The van der Waals surface area contributed by atoms with E-state index in [9.17, 15) is 9.59 Å². The molecule has 0 aliphatic carbocycles. The van der Waals surface area contributed by atoms with Gasteiger partial charge in [-0.05, 0) is 25.0 Å². The summed E-state index contributed by atoms with van der Waals surface area (Å²) in [4.78, 5) is 31.0. The molecular formula is C16H24N4O2. The zero-order valence-electron chi connectivity index (χ0n) is 13.3. The summed E-state index contributed by atoms with van der Waals surface area (Å²) < 4.78 is 0. The van der Waals surface area contributed by atoms with Crippen LogP contribution in [0.3, 0.4) is 0 Å². The number of amides is 2. The Hall–Kier alpha value is -2.11. The Morgan fingerprint density at radius 2 is 1.95 bits per heavy atom. The Labute approximate surface area is 131 Å². The minimum atomic E-state index is 0.0323. The molecule has 0 aromatic carbocycles. The third-order valence-electron chi connectivity index (χ3n) is 4.18. The molecule has 0 bridgehead atoms. The molecule has 0 unspecified atom stereocenters. The number of aromatic nitrogens is 1. The number of carbonyl (C=O) groups is 2. The topological polar surface area (TPSA) is 65.5 Å². The fourth-order valence-electron chi connectivity index (χ4n) is 2.62. The highest BCUT2D eigenvalue weighted by molar-refractivity contribution is 5.91. The van der Waals surface area contributed by atoms with Crippen molar-refractivity contribution in [2.24, 2.45) is 5.92 Å². The van der Waals surface area contributed by atoms with Crippen molar-refractivity contribution in [3.8, 4) is 0 Å². The Morgan fingerprint density at radius 3 is 2.45 bits per heavy atom. The molecule has 0 atom stereocenters. The molecule has 6 heteroatoms. The Kier molecular flexibility index (Phi) is 5.75. The summed E-state index contributed by atoms with van der Waals surface area (Å²) in [5, 5.41) is 2.87. The minimum absolute atomic E-state index is 0.0323. The molecule has 22 heavy (non-hydrogen) atoms. The lowest BCUT2D eigenvalue weighted by molar-refractivity contribution is -0.120. The molecule has 0 radical (unpaired) electrons. The van der Waals surface area contributed by atoms with Crippen LogP contribution >= 0.6 is 0 Å². The Morgan fingerprint density at radius 1 is 1.27 bits per heavy atom. The molecule has 1 aromatic rings.